The first-order chi connectivity index (χ1) is 19.1. The molecule has 0 spiro atoms. The predicted octanol–water partition coefficient (Wildman–Crippen LogP) is 2.88. The molecule has 1 aromatic carbocycles. The average molecular weight is 584 g/mol. The van der Waals surface area contributed by atoms with Crippen LogP contribution in [0.1, 0.15) is 58.6 Å². The molecule has 2 fully saturated rings. The average Bonchev–Trinajstić information content (AvgIpc) is 3.16. The van der Waals surface area contributed by atoms with E-state index in [2.05, 4.69) is 0 Å². The molecule has 40 heavy (non-hydrogen) atoms. The summed E-state index contributed by atoms with van der Waals surface area (Å²) < 4.78 is 46.6. The monoisotopic (exact) mass is 583 g/mol. The number of aliphatic hydroxyl groups excluding tert-OH is 1. The van der Waals surface area contributed by atoms with Gasteiger partial charge in [-0.05, 0) is 51.2 Å². The van der Waals surface area contributed by atoms with Crippen LogP contribution in [0.15, 0.2) is 52.2 Å². The van der Waals surface area contributed by atoms with Gasteiger partial charge < -0.3 is 23.9 Å². The van der Waals surface area contributed by atoms with Crippen molar-refractivity contribution >= 4 is 14.1 Å². The van der Waals surface area contributed by atoms with Crippen LogP contribution in [0.3, 0.4) is 0 Å². The van der Waals surface area contributed by atoms with E-state index in [1.54, 1.807) is 37.3 Å². The molecule has 1 aromatic heterocycles. The quantitative estimate of drug-likeness (QED) is 0.230. The molecular formula is C26H35FN3O9P. The number of alkyl halides is 1. The smallest absolute Gasteiger partial charge is 0.330 e. The van der Waals surface area contributed by atoms with Crippen LogP contribution >= 0.6 is 8.18 Å². The number of nitrogens with zero attached hydrogens (tertiary/aromatic N) is 2. The zero-order valence-corrected chi connectivity index (χ0v) is 23.4. The highest BCUT2D eigenvalue weighted by molar-refractivity contribution is 7.36. The molecule has 0 amide bonds. The first-order valence-corrected chi connectivity index (χ1v) is 14.6. The van der Waals surface area contributed by atoms with E-state index in [9.17, 15) is 24.1 Å². The lowest BCUT2D eigenvalue weighted by Gasteiger charge is -2.30. The summed E-state index contributed by atoms with van der Waals surface area (Å²) in [4.78, 5) is 45.5. The fourth-order valence-corrected chi connectivity index (χ4v) is 6.01. The highest BCUT2D eigenvalue weighted by Crippen LogP contribution is 2.42. The van der Waals surface area contributed by atoms with Crippen molar-refractivity contribution < 1.29 is 37.7 Å². The summed E-state index contributed by atoms with van der Waals surface area (Å²) in [6.45, 7) is 2.21. The molecule has 1 saturated carbocycles. The van der Waals surface area contributed by atoms with Crippen LogP contribution in [-0.4, -0.2) is 62.1 Å². The van der Waals surface area contributed by atoms with E-state index in [1.165, 1.54) is 0 Å². The molecule has 6 atom stereocenters. The van der Waals surface area contributed by atoms with Crippen LogP contribution < -0.4 is 16.1 Å². The van der Waals surface area contributed by atoms with Gasteiger partial charge in [-0.15, -0.1) is 0 Å². The molecule has 2 aliphatic rings. The maximum absolute atomic E-state index is 15.5. The van der Waals surface area contributed by atoms with Crippen LogP contribution in [-0.2, 0) is 23.4 Å². The van der Waals surface area contributed by atoms with Crippen molar-refractivity contribution in [1.29, 1.82) is 0 Å². The number of rotatable bonds is 11. The molecule has 4 rings (SSSR count). The minimum Gasteiger partial charge on any atom is -0.461 e. The Morgan fingerprint density at radius 1 is 1.25 bits per heavy atom. The highest BCUT2D eigenvalue weighted by Gasteiger charge is 2.55. The summed E-state index contributed by atoms with van der Waals surface area (Å²) >= 11 is 0. The zero-order valence-electron chi connectivity index (χ0n) is 22.4. The van der Waals surface area contributed by atoms with Gasteiger partial charge in [-0.3, -0.25) is 23.7 Å². The molecule has 220 valence electrons. The number of hydrogen-bond donors (Lipinski definition) is 2. The summed E-state index contributed by atoms with van der Waals surface area (Å²) in [5, 5.41) is 10.6. The maximum Gasteiger partial charge on any atom is 0.330 e. The maximum atomic E-state index is 15.5. The number of aromatic amines is 1. The second-order valence-corrected chi connectivity index (χ2v) is 11.3. The van der Waals surface area contributed by atoms with Crippen LogP contribution in [0.5, 0.6) is 5.75 Å². The van der Waals surface area contributed by atoms with E-state index in [0.717, 1.165) is 60.7 Å². The second kappa shape index (κ2) is 13.2. The number of halogens is 1. The number of para-hydroxylation sites is 1. The van der Waals surface area contributed by atoms with Crippen LogP contribution in [0.25, 0.3) is 0 Å². The van der Waals surface area contributed by atoms with Gasteiger partial charge in [-0.1, -0.05) is 36.4 Å². The third-order valence-electron chi connectivity index (χ3n) is 7.10. The number of ether oxygens (including phenoxy) is 2. The number of aliphatic hydroxyl groups is 1. The number of hydrogen-bond acceptors (Lipinski definition) is 9. The minimum absolute atomic E-state index is 0.195. The highest BCUT2D eigenvalue weighted by atomic mass is 31.1. The lowest BCUT2D eigenvalue weighted by molar-refractivity contribution is -0.163. The molecule has 2 aromatic rings. The summed E-state index contributed by atoms with van der Waals surface area (Å²) in [6, 6.07) is 8.36. The van der Waals surface area contributed by atoms with Gasteiger partial charge >= 0.3 is 11.7 Å². The minimum atomic E-state index is -3.33. The number of H-pyrrole nitrogens is 1. The molecule has 14 heteroatoms. The third-order valence-corrected chi connectivity index (χ3v) is 8.27. The second-order valence-electron chi connectivity index (χ2n) is 10.1. The Labute approximate surface area is 230 Å². The summed E-state index contributed by atoms with van der Waals surface area (Å²) in [5.74, 6) is -0.294. The summed E-state index contributed by atoms with van der Waals surface area (Å²) in [5.41, 5.74) is -4.06. The Bertz CT molecular complexity index is 1280. The molecule has 1 saturated heterocycles. The van der Waals surface area contributed by atoms with Crippen molar-refractivity contribution in [3.8, 4) is 5.75 Å². The van der Waals surface area contributed by atoms with Crippen molar-refractivity contribution in [2.75, 3.05) is 6.61 Å². The van der Waals surface area contributed by atoms with Gasteiger partial charge in [-0.25, -0.2) is 9.18 Å². The molecule has 0 bridgehead atoms. The fourth-order valence-electron chi connectivity index (χ4n) is 4.86. The topological polar surface area (TPSA) is 149 Å². The van der Waals surface area contributed by atoms with Crippen molar-refractivity contribution in [3.05, 3.63) is 63.4 Å². The number of esters is 1. The Kier molecular flexibility index (Phi) is 9.96. The molecule has 2 unspecified atom stereocenters. The van der Waals surface area contributed by atoms with E-state index < -0.39 is 62.2 Å². The Hall–Kier alpha value is -2.83. The Morgan fingerprint density at radius 2 is 1.95 bits per heavy atom. The first-order valence-electron chi connectivity index (χ1n) is 13.3. The number of benzene rings is 1. The number of nitrogens with one attached hydrogen (secondary N) is 1. The van der Waals surface area contributed by atoms with Crippen LogP contribution in [0, 0.1) is 0 Å². The van der Waals surface area contributed by atoms with Crippen molar-refractivity contribution in [3.63, 3.8) is 0 Å². The number of carbonyl (C=O) groups is 1. The fraction of sp³-hybridized carbons (Fsp3) is 0.577. The number of carbonyl (C=O) groups excluding carboxylic acids is 1. The summed E-state index contributed by atoms with van der Waals surface area (Å²) in [7, 11) is -3.33. The Morgan fingerprint density at radius 3 is 2.60 bits per heavy atom. The van der Waals surface area contributed by atoms with Crippen LogP contribution in [0.2, 0.25) is 0 Å². The molecule has 2 heterocycles. The lowest BCUT2D eigenvalue weighted by atomic mass is 9.98. The Balaban J connectivity index is 1.49. The van der Waals surface area contributed by atoms with E-state index in [4.69, 9.17) is 18.8 Å². The third kappa shape index (κ3) is 6.90. The van der Waals surface area contributed by atoms with Gasteiger partial charge in [0, 0.05) is 12.3 Å². The van der Waals surface area contributed by atoms with Gasteiger partial charge in [0.05, 0.1) is 6.61 Å². The molecule has 1 aliphatic carbocycles. The van der Waals surface area contributed by atoms with Gasteiger partial charge in [-0.2, -0.15) is 0 Å². The standard InChI is InChI=1S/C26H35FN3O9P/c1-3-19(23(33)37-17-10-6-4-7-11-17)30(39-18-12-8-5-9-13-18)40(35)36-16-20-22(32)26(2,27)24(38-20)29-15-14-21(31)28-25(29)34/h5,8-9,12-15,17,19-20,22,24,32,40H,3-4,6-7,10-11,16H2,1-2H3,(H,28,31,34)/t19?,20-,22-,24-,26-/m1/s1. The van der Waals surface area contributed by atoms with Gasteiger partial charge in [0.1, 0.15) is 24.1 Å². The SMILES string of the molecule is CCC(C(=O)OC1CCCCC1)N(Oc1ccccc1)[PH](=O)OC[C@H]1O[C@@H](n2ccc(=O)[nH]c2=O)[C@](C)(F)[C@@H]1O. The first kappa shape index (κ1) is 30.1. The van der Waals surface area contributed by atoms with E-state index >= 15 is 4.39 Å². The molecule has 0 radical (unpaired) electrons. The lowest BCUT2D eigenvalue weighted by Crippen LogP contribution is -2.44. The largest absolute Gasteiger partial charge is 0.461 e. The van der Waals surface area contributed by atoms with E-state index in [0.29, 0.717) is 5.75 Å². The van der Waals surface area contributed by atoms with Gasteiger partial charge in [0.15, 0.2) is 17.9 Å². The molecule has 1 aliphatic heterocycles. The van der Waals surface area contributed by atoms with Gasteiger partial charge in [0.2, 0.25) is 0 Å². The van der Waals surface area contributed by atoms with E-state index in [-0.39, 0.29) is 12.5 Å². The van der Waals surface area contributed by atoms with Crippen LogP contribution in [0.4, 0.5) is 4.39 Å². The predicted molar refractivity (Wildman–Crippen MR) is 142 cm³/mol. The number of aromatic nitrogens is 2. The molecule has 12 nitrogen and oxygen atoms in total. The summed E-state index contributed by atoms with van der Waals surface area (Å²) in [6.07, 6.45) is 0.849. The van der Waals surface area contributed by atoms with Gasteiger partial charge in [0.25, 0.3) is 13.7 Å². The molecule has 2 N–H and O–H groups in total. The number of hydroxylamine groups is 1. The van der Waals surface area contributed by atoms with Crippen molar-refractivity contribution in [2.24, 2.45) is 0 Å². The van der Waals surface area contributed by atoms with Crippen molar-refractivity contribution in [2.45, 2.75) is 88.6 Å². The normalized spacial score (nSPS) is 26.9. The zero-order chi connectivity index (χ0) is 28.9. The molecular weight excluding hydrogens is 548 g/mol. The van der Waals surface area contributed by atoms with E-state index in [1.807, 2.05) is 4.98 Å². The van der Waals surface area contributed by atoms with Crippen molar-refractivity contribution in [1.82, 2.24) is 14.4 Å².